The van der Waals surface area contributed by atoms with Gasteiger partial charge in [0.15, 0.2) is 0 Å². The Morgan fingerprint density at radius 2 is 1.95 bits per heavy atom. The number of hydrogen-bond acceptors (Lipinski definition) is 2. The first-order valence-electron chi connectivity index (χ1n) is 7.19. The van der Waals surface area contributed by atoms with Crippen molar-refractivity contribution in [1.82, 2.24) is 10.2 Å². The van der Waals surface area contributed by atoms with Gasteiger partial charge in [0.1, 0.15) is 5.82 Å². The van der Waals surface area contributed by atoms with Crippen LogP contribution in [0.2, 0.25) is 0 Å². The molecule has 0 amide bonds. The van der Waals surface area contributed by atoms with Gasteiger partial charge >= 0.3 is 0 Å². The molecule has 1 saturated heterocycles. The molecule has 2 rings (SSSR count). The fourth-order valence-corrected chi connectivity index (χ4v) is 2.98. The molecule has 1 unspecified atom stereocenters. The van der Waals surface area contributed by atoms with E-state index in [2.05, 4.69) is 24.1 Å². The molecule has 19 heavy (non-hydrogen) atoms. The molecule has 0 aliphatic carbocycles. The molecule has 0 aromatic heterocycles. The first kappa shape index (κ1) is 14.5. The Morgan fingerprint density at radius 1 is 1.32 bits per heavy atom. The third-order valence-corrected chi connectivity index (χ3v) is 4.05. The maximum absolute atomic E-state index is 13.7. The van der Waals surface area contributed by atoms with Gasteiger partial charge in [-0.25, -0.2) is 4.39 Å². The highest BCUT2D eigenvalue weighted by atomic mass is 19.1. The van der Waals surface area contributed by atoms with Crippen LogP contribution in [0.15, 0.2) is 12.1 Å². The first-order chi connectivity index (χ1) is 8.99. The summed E-state index contributed by atoms with van der Waals surface area (Å²) < 4.78 is 13.7. The molecule has 1 aromatic carbocycles. The van der Waals surface area contributed by atoms with Gasteiger partial charge in [-0.3, -0.25) is 4.90 Å². The average molecular weight is 264 g/mol. The van der Waals surface area contributed by atoms with E-state index in [1.54, 1.807) is 0 Å². The number of piperazine rings is 1. The van der Waals surface area contributed by atoms with Crippen LogP contribution in [-0.2, 0) is 6.54 Å². The topological polar surface area (TPSA) is 15.3 Å². The smallest absolute Gasteiger partial charge is 0.129 e. The van der Waals surface area contributed by atoms with Gasteiger partial charge in [-0.05, 0) is 36.5 Å². The lowest BCUT2D eigenvalue weighted by atomic mass is 9.99. The maximum atomic E-state index is 13.7. The molecule has 1 aliphatic rings. The van der Waals surface area contributed by atoms with Gasteiger partial charge in [0.25, 0.3) is 0 Å². The zero-order chi connectivity index (χ0) is 14.0. The van der Waals surface area contributed by atoms with Crippen molar-refractivity contribution < 1.29 is 4.39 Å². The number of nitrogens with one attached hydrogen (secondary N) is 1. The Hall–Kier alpha value is -0.930. The monoisotopic (exact) mass is 264 g/mol. The van der Waals surface area contributed by atoms with E-state index in [4.69, 9.17) is 0 Å². The standard InChI is InChI=1S/C16H25FN2/c1-11(2)15-9-18-5-6-19(15)10-14-7-12(3)16(17)13(4)8-14/h7-8,11,15,18H,5-6,9-10H2,1-4H3. The summed E-state index contributed by atoms with van der Waals surface area (Å²) in [6, 6.07) is 4.54. The average Bonchev–Trinajstić information content (AvgIpc) is 2.36. The lowest BCUT2D eigenvalue weighted by Crippen LogP contribution is -2.52. The Kier molecular flexibility index (Phi) is 4.58. The van der Waals surface area contributed by atoms with Crippen LogP contribution in [0.4, 0.5) is 4.39 Å². The van der Waals surface area contributed by atoms with Gasteiger partial charge in [0.2, 0.25) is 0 Å². The van der Waals surface area contributed by atoms with E-state index in [0.717, 1.165) is 37.3 Å². The third-order valence-electron chi connectivity index (χ3n) is 4.05. The highest BCUT2D eigenvalue weighted by Gasteiger charge is 2.24. The minimum absolute atomic E-state index is 0.0653. The molecule has 1 aromatic rings. The van der Waals surface area contributed by atoms with Crippen LogP contribution in [0.25, 0.3) is 0 Å². The molecular formula is C16H25FN2. The molecule has 1 heterocycles. The van der Waals surface area contributed by atoms with E-state index >= 15 is 0 Å². The van der Waals surface area contributed by atoms with Crippen molar-refractivity contribution >= 4 is 0 Å². The fraction of sp³-hybridized carbons (Fsp3) is 0.625. The Bertz CT molecular complexity index is 419. The number of halogens is 1. The molecule has 1 atom stereocenters. The summed E-state index contributed by atoms with van der Waals surface area (Å²) in [7, 11) is 0. The second kappa shape index (κ2) is 6.02. The largest absolute Gasteiger partial charge is 0.314 e. The second-order valence-electron chi connectivity index (χ2n) is 6.03. The van der Waals surface area contributed by atoms with Crippen molar-refractivity contribution in [2.24, 2.45) is 5.92 Å². The summed E-state index contributed by atoms with van der Waals surface area (Å²) in [5, 5.41) is 3.46. The normalized spacial score (nSPS) is 21.1. The molecule has 0 bridgehead atoms. The van der Waals surface area contributed by atoms with Gasteiger partial charge in [-0.2, -0.15) is 0 Å². The maximum Gasteiger partial charge on any atom is 0.129 e. The van der Waals surface area contributed by atoms with Crippen molar-refractivity contribution in [2.75, 3.05) is 19.6 Å². The van der Waals surface area contributed by atoms with E-state index in [1.807, 2.05) is 26.0 Å². The molecule has 0 saturated carbocycles. The zero-order valence-electron chi connectivity index (χ0n) is 12.5. The zero-order valence-corrected chi connectivity index (χ0v) is 12.5. The van der Waals surface area contributed by atoms with E-state index in [-0.39, 0.29) is 5.82 Å². The van der Waals surface area contributed by atoms with Crippen molar-refractivity contribution in [3.05, 3.63) is 34.6 Å². The Labute approximate surface area is 116 Å². The number of nitrogens with zero attached hydrogens (tertiary/aromatic N) is 1. The minimum atomic E-state index is -0.0653. The highest BCUT2D eigenvalue weighted by molar-refractivity contribution is 5.30. The summed E-state index contributed by atoms with van der Waals surface area (Å²) >= 11 is 0. The summed E-state index contributed by atoms with van der Waals surface area (Å²) in [6.45, 7) is 12.3. The van der Waals surface area contributed by atoms with E-state index < -0.39 is 0 Å². The molecule has 106 valence electrons. The lowest BCUT2D eigenvalue weighted by molar-refractivity contribution is 0.117. The van der Waals surface area contributed by atoms with Crippen LogP contribution in [-0.4, -0.2) is 30.6 Å². The van der Waals surface area contributed by atoms with Crippen LogP contribution in [0.5, 0.6) is 0 Å². The van der Waals surface area contributed by atoms with Gasteiger partial charge < -0.3 is 5.32 Å². The Balaban J connectivity index is 2.15. The van der Waals surface area contributed by atoms with Gasteiger partial charge in [-0.1, -0.05) is 26.0 Å². The molecule has 0 spiro atoms. The quantitative estimate of drug-likeness (QED) is 0.903. The molecule has 1 aliphatic heterocycles. The summed E-state index contributed by atoms with van der Waals surface area (Å²) in [5.41, 5.74) is 2.74. The molecule has 3 heteroatoms. The van der Waals surface area contributed by atoms with Crippen molar-refractivity contribution in [3.8, 4) is 0 Å². The Morgan fingerprint density at radius 3 is 2.53 bits per heavy atom. The van der Waals surface area contributed by atoms with Crippen LogP contribution in [0.3, 0.4) is 0 Å². The number of hydrogen-bond donors (Lipinski definition) is 1. The van der Waals surface area contributed by atoms with Crippen LogP contribution >= 0.6 is 0 Å². The predicted molar refractivity (Wildman–Crippen MR) is 77.8 cm³/mol. The summed E-state index contributed by atoms with van der Waals surface area (Å²) in [4.78, 5) is 2.52. The van der Waals surface area contributed by atoms with Gasteiger partial charge in [0, 0.05) is 32.2 Å². The number of rotatable bonds is 3. The highest BCUT2D eigenvalue weighted by Crippen LogP contribution is 2.20. The second-order valence-corrected chi connectivity index (χ2v) is 6.03. The first-order valence-corrected chi connectivity index (χ1v) is 7.19. The van der Waals surface area contributed by atoms with Gasteiger partial charge in [-0.15, -0.1) is 0 Å². The van der Waals surface area contributed by atoms with Crippen LogP contribution in [0.1, 0.15) is 30.5 Å². The summed E-state index contributed by atoms with van der Waals surface area (Å²) in [6.07, 6.45) is 0. The SMILES string of the molecule is Cc1cc(CN2CCNCC2C(C)C)cc(C)c1F. The lowest BCUT2D eigenvalue weighted by Gasteiger charge is -2.38. The minimum Gasteiger partial charge on any atom is -0.314 e. The predicted octanol–water partition coefficient (Wildman–Crippen LogP) is 2.87. The molecule has 1 fully saturated rings. The van der Waals surface area contributed by atoms with Gasteiger partial charge in [0.05, 0.1) is 0 Å². The molecule has 0 radical (unpaired) electrons. The van der Waals surface area contributed by atoms with Crippen LogP contribution < -0.4 is 5.32 Å². The van der Waals surface area contributed by atoms with E-state index in [0.29, 0.717) is 12.0 Å². The summed E-state index contributed by atoms with van der Waals surface area (Å²) in [5.74, 6) is 0.569. The van der Waals surface area contributed by atoms with E-state index in [9.17, 15) is 4.39 Å². The fourth-order valence-electron chi connectivity index (χ4n) is 2.98. The number of aryl methyl sites for hydroxylation is 2. The number of benzene rings is 1. The third kappa shape index (κ3) is 3.34. The molecule has 1 N–H and O–H groups in total. The van der Waals surface area contributed by atoms with E-state index in [1.165, 1.54) is 5.56 Å². The molecule has 2 nitrogen and oxygen atoms in total. The van der Waals surface area contributed by atoms with Crippen molar-refractivity contribution in [3.63, 3.8) is 0 Å². The van der Waals surface area contributed by atoms with Crippen molar-refractivity contribution in [2.45, 2.75) is 40.3 Å². The van der Waals surface area contributed by atoms with Crippen LogP contribution in [0, 0.1) is 25.6 Å². The van der Waals surface area contributed by atoms with Crippen molar-refractivity contribution in [1.29, 1.82) is 0 Å². The molecular weight excluding hydrogens is 239 g/mol.